The fourth-order valence-electron chi connectivity index (χ4n) is 4.93. The van der Waals surface area contributed by atoms with Crippen LogP contribution in [0.15, 0.2) is 41.4 Å². The first-order chi connectivity index (χ1) is 18.8. The second-order valence-electron chi connectivity index (χ2n) is 9.73. The van der Waals surface area contributed by atoms with Crippen LogP contribution in [0.4, 0.5) is 0 Å². The van der Waals surface area contributed by atoms with Crippen molar-refractivity contribution in [2.24, 2.45) is 10.9 Å². The standard InChI is InChI=1S/C27H38N3O9P/c1-5-7-8-9-17-30(4)25(33)23(27(21(32)6-2)15-10-16-28-27)22(24(26(34)35)29-18(3)31)19-11-13-20(14-12-19)39-40(36,37)38/h10-16,22-24H,5-9,17H2,1-4H3,(H,29,31)(H,34,35)(H2,36,37,38). The molecule has 0 aliphatic carbocycles. The predicted octanol–water partition coefficient (Wildman–Crippen LogP) is 2.84. The Morgan fingerprint density at radius 1 is 1.10 bits per heavy atom. The Morgan fingerprint density at radius 2 is 1.75 bits per heavy atom. The van der Waals surface area contributed by atoms with Crippen LogP contribution in [0.1, 0.15) is 64.4 Å². The number of carboxylic acid groups (broad SMARTS) is 1. The summed E-state index contributed by atoms with van der Waals surface area (Å²) in [6.45, 7) is 5.18. The number of nitrogens with one attached hydrogen (secondary N) is 1. The summed E-state index contributed by atoms with van der Waals surface area (Å²) in [5.41, 5.74) is -1.52. The van der Waals surface area contributed by atoms with Crippen LogP contribution in [-0.4, -0.2) is 74.7 Å². The van der Waals surface area contributed by atoms with Crippen molar-refractivity contribution in [3.05, 3.63) is 42.0 Å². The van der Waals surface area contributed by atoms with E-state index in [0.717, 1.165) is 26.2 Å². The maximum absolute atomic E-state index is 14.2. The number of Topliss-reactive ketones (excluding diaryl/α,β-unsaturated/α-hetero) is 1. The Labute approximate surface area is 233 Å². The van der Waals surface area contributed by atoms with E-state index in [-0.39, 0.29) is 17.7 Å². The zero-order chi connectivity index (χ0) is 30.1. The first kappa shape index (κ1) is 32.9. The van der Waals surface area contributed by atoms with E-state index < -0.39 is 54.8 Å². The molecule has 4 N–H and O–H groups in total. The Kier molecular flexibility index (Phi) is 11.8. The minimum absolute atomic E-state index is 0.00529. The van der Waals surface area contributed by atoms with Gasteiger partial charge in [-0.15, -0.1) is 0 Å². The van der Waals surface area contributed by atoms with Gasteiger partial charge in [-0.3, -0.25) is 29.2 Å². The van der Waals surface area contributed by atoms with Crippen LogP contribution in [0.5, 0.6) is 5.75 Å². The number of phosphoric ester groups is 1. The second kappa shape index (κ2) is 14.3. The smallest absolute Gasteiger partial charge is 0.480 e. The molecule has 12 nitrogen and oxygen atoms in total. The number of ketones is 1. The van der Waals surface area contributed by atoms with Crippen molar-refractivity contribution in [3.63, 3.8) is 0 Å². The molecule has 0 spiro atoms. The molecule has 4 unspecified atom stereocenters. The molecule has 0 aromatic heterocycles. The third-order valence-corrected chi connectivity index (χ3v) is 7.24. The number of hydrogen-bond donors (Lipinski definition) is 4. The first-order valence-corrected chi connectivity index (χ1v) is 14.7. The molecule has 4 atom stereocenters. The molecule has 40 heavy (non-hydrogen) atoms. The predicted molar refractivity (Wildman–Crippen MR) is 148 cm³/mol. The molecule has 1 heterocycles. The van der Waals surface area contributed by atoms with E-state index >= 15 is 0 Å². The third kappa shape index (κ3) is 8.33. The van der Waals surface area contributed by atoms with Crippen LogP contribution in [0.2, 0.25) is 0 Å². The number of hydrogen-bond acceptors (Lipinski definition) is 7. The highest BCUT2D eigenvalue weighted by molar-refractivity contribution is 7.46. The van der Waals surface area contributed by atoms with E-state index in [4.69, 9.17) is 9.79 Å². The summed E-state index contributed by atoms with van der Waals surface area (Å²) < 4.78 is 15.9. The molecular formula is C27H38N3O9P. The number of nitrogens with zero attached hydrogens (tertiary/aromatic N) is 2. The summed E-state index contributed by atoms with van der Waals surface area (Å²) in [5, 5.41) is 12.7. The van der Waals surface area contributed by atoms with Crippen LogP contribution in [-0.2, 0) is 23.7 Å². The van der Waals surface area contributed by atoms with Crippen molar-refractivity contribution in [1.82, 2.24) is 10.2 Å². The molecule has 0 saturated carbocycles. The van der Waals surface area contributed by atoms with Gasteiger partial charge < -0.3 is 19.8 Å². The molecule has 13 heteroatoms. The Balaban J connectivity index is 2.76. The van der Waals surface area contributed by atoms with Gasteiger partial charge in [-0.25, -0.2) is 9.36 Å². The first-order valence-electron chi connectivity index (χ1n) is 13.1. The lowest BCUT2D eigenvalue weighted by atomic mass is 9.67. The zero-order valence-corrected chi connectivity index (χ0v) is 24.0. The summed E-state index contributed by atoms with van der Waals surface area (Å²) in [4.78, 5) is 76.6. The number of carboxylic acids is 1. The van der Waals surface area contributed by atoms with E-state index in [1.807, 2.05) is 0 Å². The van der Waals surface area contributed by atoms with E-state index in [1.54, 1.807) is 14.0 Å². The van der Waals surface area contributed by atoms with Crippen LogP contribution in [0, 0.1) is 5.92 Å². The summed E-state index contributed by atoms with van der Waals surface area (Å²) in [7, 11) is -3.29. The van der Waals surface area contributed by atoms with Gasteiger partial charge in [0.05, 0.1) is 5.92 Å². The van der Waals surface area contributed by atoms with Gasteiger partial charge in [-0.1, -0.05) is 45.2 Å². The number of aliphatic imine (C=N–C) groups is 1. The van der Waals surface area contributed by atoms with Crippen molar-refractivity contribution in [1.29, 1.82) is 0 Å². The van der Waals surface area contributed by atoms with Gasteiger partial charge in [0.25, 0.3) is 0 Å². The summed E-state index contributed by atoms with van der Waals surface area (Å²) >= 11 is 0. The monoisotopic (exact) mass is 579 g/mol. The molecule has 1 aromatic rings. The average molecular weight is 580 g/mol. The van der Waals surface area contributed by atoms with Crippen LogP contribution < -0.4 is 9.84 Å². The number of carbonyl (C=O) groups excluding carboxylic acids is 3. The molecule has 1 aliphatic rings. The van der Waals surface area contributed by atoms with Crippen LogP contribution in [0.3, 0.4) is 0 Å². The molecule has 1 aliphatic heterocycles. The minimum atomic E-state index is -4.87. The molecule has 2 amide bonds. The molecule has 0 bridgehead atoms. The van der Waals surface area contributed by atoms with Crippen molar-refractivity contribution >= 4 is 37.6 Å². The Hall–Kier alpha value is -3.34. The van der Waals surface area contributed by atoms with Gasteiger partial charge in [0.1, 0.15) is 17.3 Å². The minimum Gasteiger partial charge on any atom is -0.480 e. The highest BCUT2D eigenvalue weighted by Gasteiger charge is 2.55. The summed E-state index contributed by atoms with van der Waals surface area (Å²) in [6.07, 6.45) is 7.95. The number of unbranched alkanes of at least 4 members (excludes halogenated alkanes) is 3. The van der Waals surface area contributed by atoms with Gasteiger partial charge in [0, 0.05) is 39.1 Å². The van der Waals surface area contributed by atoms with Gasteiger partial charge in [0.15, 0.2) is 5.78 Å². The highest BCUT2D eigenvalue weighted by atomic mass is 31.2. The van der Waals surface area contributed by atoms with E-state index in [2.05, 4.69) is 21.8 Å². The van der Waals surface area contributed by atoms with Crippen molar-refractivity contribution < 1.29 is 43.2 Å². The van der Waals surface area contributed by atoms with Crippen LogP contribution >= 0.6 is 7.82 Å². The lowest BCUT2D eigenvalue weighted by Crippen LogP contribution is -2.57. The van der Waals surface area contributed by atoms with Crippen molar-refractivity contribution in [2.75, 3.05) is 13.6 Å². The fraction of sp³-hybridized carbons (Fsp3) is 0.519. The maximum atomic E-state index is 14.2. The molecule has 0 saturated heterocycles. The fourth-order valence-corrected chi connectivity index (χ4v) is 5.33. The van der Waals surface area contributed by atoms with Gasteiger partial charge in [-0.05, 0) is 36.3 Å². The van der Waals surface area contributed by atoms with Crippen LogP contribution in [0.25, 0.3) is 0 Å². The lowest BCUT2D eigenvalue weighted by Gasteiger charge is -2.41. The van der Waals surface area contributed by atoms with E-state index in [0.29, 0.717) is 13.0 Å². The molecule has 0 radical (unpaired) electrons. The number of carbonyl (C=O) groups is 4. The summed E-state index contributed by atoms with van der Waals surface area (Å²) in [6, 6.07) is 3.47. The number of phosphoric acid groups is 1. The van der Waals surface area contributed by atoms with Gasteiger partial charge >= 0.3 is 13.8 Å². The maximum Gasteiger partial charge on any atom is 0.524 e. The Morgan fingerprint density at radius 3 is 2.23 bits per heavy atom. The number of rotatable bonds is 16. The normalized spacial score (nSPS) is 18.6. The number of benzene rings is 1. The third-order valence-electron chi connectivity index (χ3n) is 6.79. The molecule has 220 valence electrons. The molecule has 2 rings (SSSR count). The summed E-state index contributed by atoms with van der Waals surface area (Å²) in [5.74, 6) is -5.94. The lowest BCUT2D eigenvalue weighted by molar-refractivity contribution is -0.147. The van der Waals surface area contributed by atoms with Crippen molar-refractivity contribution in [3.8, 4) is 5.75 Å². The molecule has 0 fully saturated rings. The number of aliphatic carboxylic acids is 1. The zero-order valence-electron chi connectivity index (χ0n) is 23.1. The number of amides is 2. The second-order valence-corrected chi connectivity index (χ2v) is 10.9. The SMILES string of the molecule is CCCCCCN(C)C(=O)C(C(c1ccc(OP(=O)(O)O)cc1)C(NC(C)=O)C(=O)O)C1(C(=O)CC)C=CC=N1. The van der Waals surface area contributed by atoms with Crippen molar-refractivity contribution in [2.45, 2.75) is 70.4 Å². The van der Waals surface area contributed by atoms with Gasteiger partial charge in [-0.2, -0.15) is 0 Å². The number of allylic oxidation sites excluding steroid dienone is 1. The molecular weight excluding hydrogens is 541 g/mol. The molecule has 1 aromatic carbocycles. The highest BCUT2D eigenvalue weighted by Crippen LogP contribution is 2.44. The van der Waals surface area contributed by atoms with Gasteiger partial charge in [0.2, 0.25) is 11.8 Å². The van der Waals surface area contributed by atoms with E-state index in [1.165, 1.54) is 47.5 Å². The quantitative estimate of drug-likeness (QED) is 0.169. The van der Waals surface area contributed by atoms with E-state index in [9.17, 15) is 28.8 Å². The largest absolute Gasteiger partial charge is 0.524 e. The average Bonchev–Trinajstić information content (AvgIpc) is 3.37. The topological polar surface area (TPSA) is 183 Å². The Bertz CT molecular complexity index is 1160.